The number of carbonyl (C=O) groups is 1. The Labute approximate surface area is 117 Å². The Morgan fingerprint density at radius 2 is 2.10 bits per heavy atom. The summed E-state index contributed by atoms with van der Waals surface area (Å²) < 4.78 is 21.8. The maximum atomic E-state index is 12.2. The molecule has 1 fully saturated rings. The van der Waals surface area contributed by atoms with Crippen molar-refractivity contribution in [1.82, 2.24) is 5.32 Å². The van der Waals surface area contributed by atoms with Gasteiger partial charge in [0.1, 0.15) is 13.2 Å². The number of benzene rings is 1. The van der Waals surface area contributed by atoms with E-state index >= 15 is 0 Å². The van der Waals surface area contributed by atoms with Crippen molar-refractivity contribution in [2.24, 2.45) is 0 Å². The highest BCUT2D eigenvalue weighted by atomic mass is 16.6. The van der Waals surface area contributed by atoms with Crippen molar-refractivity contribution in [2.45, 2.75) is 6.10 Å². The molecule has 2 aliphatic rings. The number of hydrogen-bond acceptors (Lipinski definition) is 5. The highest BCUT2D eigenvalue weighted by Crippen LogP contribution is 2.33. The third-order valence-electron chi connectivity index (χ3n) is 3.19. The largest absolute Gasteiger partial charge is 0.486 e. The molecule has 108 valence electrons. The molecule has 20 heavy (non-hydrogen) atoms. The molecule has 0 aliphatic carbocycles. The maximum Gasteiger partial charge on any atom is 0.255 e. The van der Waals surface area contributed by atoms with Crippen LogP contribution in [-0.2, 0) is 9.47 Å². The van der Waals surface area contributed by atoms with Gasteiger partial charge in [0.05, 0.1) is 31.5 Å². The summed E-state index contributed by atoms with van der Waals surface area (Å²) in [7, 11) is 0. The number of rotatable bonds is 3. The average Bonchev–Trinajstić information content (AvgIpc) is 2.53. The smallest absolute Gasteiger partial charge is 0.255 e. The second-order valence-electron chi connectivity index (χ2n) is 4.61. The third-order valence-corrected chi connectivity index (χ3v) is 3.19. The fourth-order valence-corrected chi connectivity index (χ4v) is 2.21. The van der Waals surface area contributed by atoms with Crippen LogP contribution in [0, 0.1) is 0 Å². The Balaban J connectivity index is 1.64. The van der Waals surface area contributed by atoms with Gasteiger partial charge in [-0.1, -0.05) is 6.07 Å². The number of fused-ring (bicyclic) bond motifs is 1. The lowest BCUT2D eigenvalue weighted by Gasteiger charge is -2.24. The Kier molecular flexibility index (Phi) is 4.03. The van der Waals surface area contributed by atoms with Gasteiger partial charge in [-0.25, -0.2) is 0 Å². The molecule has 1 atom stereocenters. The average molecular weight is 279 g/mol. The molecule has 2 heterocycles. The Morgan fingerprint density at radius 1 is 1.20 bits per heavy atom. The summed E-state index contributed by atoms with van der Waals surface area (Å²) in [4.78, 5) is 12.2. The number of ether oxygens (including phenoxy) is 4. The zero-order chi connectivity index (χ0) is 13.8. The summed E-state index contributed by atoms with van der Waals surface area (Å²) in [5, 5.41) is 2.84. The highest BCUT2D eigenvalue weighted by Gasteiger charge is 2.21. The van der Waals surface area contributed by atoms with E-state index in [9.17, 15) is 4.79 Å². The van der Waals surface area contributed by atoms with Crippen molar-refractivity contribution < 1.29 is 23.7 Å². The van der Waals surface area contributed by atoms with Gasteiger partial charge in [-0.15, -0.1) is 0 Å². The Bertz CT molecular complexity index is 484. The normalized spacial score (nSPS) is 21.3. The minimum absolute atomic E-state index is 0.0931. The van der Waals surface area contributed by atoms with E-state index in [0.29, 0.717) is 56.6 Å². The molecule has 0 unspecified atom stereocenters. The van der Waals surface area contributed by atoms with E-state index in [0.717, 1.165) is 0 Å². The predicted molar refractivity (Wildman–Crippen MR) is 70.3 cm³/mol. The molecule has 0 bridgehead atoms. The van der Waals surface area contributed by atoms with Crippen molar-refractivity contribution in [2.75, 3.05) is 39.6 Å². The van der Waals surface area contributed by atoms with Crippen molar-refractivity contribution in [1.29, 1.82) is 0 Å². The fraction of sp³-hybridized carbons (Fsp3) is 0.500. The molecule has 3 rings (SSSR count). The quantitative estimate of drug-likeness (QED) is 0.878. The minimum Gasteiger partial charge on any atom is -0.486 e. The fourth-order valence-electron chi connectivity index (χ4n) is 2.21. The molecule has 1 N–H and O–H groups in total. The molecule has 6 nitrogen and oxygen atoms in total. The van der Waals surface area contributed by atoms with Crippen LogP contribution in [0.3, 0.4) is 0 Å². The number of amides is 1. The van der Waals surface area contributed by atoms with E-state index in [1.54, 1.807) is 18.2 Å². The van der Waals surface area contributed by atoms with Crippen LogP contribution in [0.1, 0.15) is 10.4 Å². The third kappa shape index (κ3) is 2.86. The zero-order valence-electron chi connectivity index (χ0n) is 11.1. The minimum atomic E-state index is -0.193. The predicted octanol–water partition coefficient (Wildman–Crippen LogP) is 0.603. The molecule has 0 aromatic heterocycles. The molecule has 2 aliphatic heterocycles. The summed E-state index contributed by atoms with van der Waals surface area (Å²) >= 11 is 0. The van der Waals surface area contributed by atoms with Crippen LogP contribution >= 0.6 is 0 Å². The van der Waals surface area contributed by atoms with Crippen LogP contribution in [0.25, 0.3) is 0 Å². The highest BCUT2D eigenvalue weighted by molar-refractivity contribution is 5.97. The Morgan fingerprint density at radius 3 is 2.95 bits per heavy atom. The summed E-state index contributed by atoms with van der Waals surface area (Å²) in [5.74, 6) is 0.930. The van der Waals surface area contributed by atoms with Gasteiger partial charge in [0.2, 0.25) is 0 Å². The van der Waals surface area contributed by atoms with Gasteiger partial charge in [-0.05, 0) is 12.1 Å². The number of carbonyl (C=O) groups excluding carboxylic acids is 1. The van der Waals surface area contributed by atoms with Crippen molar-refractivity contribution >= 4 is 5.91 Å². The standard InChI is InChI=1S/C14H17NO5/c16-14(15-8-10-9-17-4-5-18-10)11-2-1-3-12-13(11)20-7-6-19-12/h1-3,10H,4-9H2,(H,15,16)/t10-/m1/s1. The first-order valence-corrected chi connectivity index (χ1v) is 6.71. The first-order valence-electron chi connectivity index (χ1n) is 6.71. The summed E-state index contributed by atoms with van der Waals surface area (Å²) in [6.45, 7) is 3.07. The van der Waals surface area contributed by atoms with Gasteiger partial charge in [0.15, 0.2) is 11.5 Å². The topological polar surface area (TPSA) is 66.0 Å². The van der Waals surface area contributed by atoms with Crippen molar-refractivity contribution in [3.8, 4) is 11.5 Å². The molecule has 1 aromatic carbocycles. The van der Waals surface area contributed by atoms with E-state index in [1.165, 1.54) is 0 Å². The van der Waals surface area contributed by atoms with Gasteiger partial charge in [-0.3, -0.25) is 4.79 Å². The molecule has 0 saturated carbocycles. The lowest BCUT2D eigenvalue weighted by molar-refractivity contribution is -0.0855. The van der Waals surface area contributed by atoms with Crippen LogP contribution in [-0.4, -0.2) is 51.6 Å². The van der Waals surface area contributed by atoms with Gasteiger partial charge in [-0.2, -0.15) is 0 Å². The number of hydrogen-bond donors (Lipinski definition) is 1. The summed E-state index contributed by atoms with van der Waals surface area (Å²) in [6, 6.07) is 5.30. The molecule has 1 amide bonds. The summed E-state index contributed by atoms with van der Waals surface area (Å²) in [5.41, 5.74) is 0.485. The van der Waals surface area contributed by atoms with E-state index < -0.39 is 0 Å². The van der Waals surface area contributed by atoms with E-state index in [2.05, 4.69) is 5.32 Å². The second-order valence-corrected chi connectivity index (χ2v) is 4.61. The van der Waals surface area contributed by atoms with E-state index in [4.69, 9.17) is 18.9 Å². The van der Waals surface area contributed by atoms with Crippen LogP contribution in [0.15, 0.2) is 18.2 Å². The van der Waals surface area contributed by atoms with Crippen LogP contribution < -0.4 is 14.8 Å². The molecule has 0 spiro atoms. The van der Waals surface area contributed by atoms with E-state index in [1.807, 2.05) is 0 Å². The molecule has 6 heteroatoms. The first kappa shape index (κ1) is 13.2. The SMILES string of the molecule is O=C(NC[C@@H]1COCCO1)c1cccc2c1OCCO2. The molecular formula is C14H17NO5. The monoisotopic (exact) mass is 279 g/mol. The molecule has 1 aromatic rings. The van der Waals surface area contributed by atoms with Crippen LogP contribution in [0.2, 0.25) is 0 Å². The van der Waals surface area contributed by atoms with Gasteiger partial charge >= 0.3 is 0 Å². The second kappa shape index (κ2) is 6.11. The number of para-hydroxylation sites is 1. The zero-order valence-corrected chi connectivity index (χ0v) is 11.1. The van der Waals surface area contributed by atoms with Crippen molar-refractivity contribution in [3.05, 3.63) is 23.8 Å². The van der Waals surface area contributed by atoms with Gasteiger partial charge < -0.3 is 24.3 Å². The summed E-state index contributed by atoms with van der Waals surface area (Å²) in [6.07, 6.45) is -0.0931. The molecule has 1 saturated heterocycles. The number of nitrogens with one attached hydrogen (secondary N) is 1. The van der Waals surface area contributed by atoms with Crippen LogP contribution in [0.5, 0.6) is 11.5 Å². The van der Waals surface area contributed by atoms with Gasteiger partial charge in [0, 0.05) is 6.54 Å². The first-order chi connectivity index (χ1) is 9.84. The van der Waals surface area contributed by atoms with Crippen molar-refractivity contribution in [3.63, 3.8) is 0 Å². The molecule has 0 radical (unpaired) electrons. The Hall–Kier alpha value is -1.79. The van der Waals surface area contributed by atoms with Gasteiger partial charge in [0.25, 0.3) is 5.91 Å². The maximum absolute atomic E-state index is 12.2. The molecular weight excluding hydrogens is 262 g/mol. The lowest BCUT2D eigenvalue weighted by Crippen LogP contribution is -2.39. The lowest BCUT2D eigenvalue weighted by atomic mass is 10.1. The van der Waals surface area contributed by atoms with Crippen LogP contribution in [0.4, 0.5) is 0 Å². The van der Waals surface area contributed by atoms with E-state index in [-0.39, 0.29) is 12.0 Å².